The first kappa shape index (κ1) is 16.2. The molecule has 3 atom stereocenters. The van der Waals surface area contributed by atoms with Crippen LogP contribution in [0.15, 0.2) is 18.2 Å². The van der Waals surface area contributed by atoms with Gasteiger partial charge >= 0.3 is 6.03 Å². The Hall–Kier alpha value is -1.64. The van der Waals surface area contributed by atoms with Crippen molar-refractivity contribution in [3.63, 3.8) is 0 Å². The first-order valence-electron chi connectivity index (χ1n) is 7.75. The molecule has 2 fully saturated rings. The van der Waals surface area contributed by atoms with Gasteiger partial charge in [0.25, 0.3) is 0 Å². The largest absolute Gasteiger partial charge is 0.338 e. The van der Waals surface area contributed by atoms with Gasteiger partial charge in [0.2, 0.25) is 0 Å². The van der Waals surface area contributed by atoms with E-state index in [1.807, 2.05) is 11.0 Å². The molecule has 5 nitrogen and oxygen atoms in total. The number of nitrogens with one attached hydrogen (secondary N) is 2. The molecule has 0 saturated carbocycles. The zero-order chi connectivity index (χ0) is 16.4. The van der Waals surface area contributed by atoms with E-state index >= 15 is 0 Å². The van der Waals surface area contributed by atoms with Crippen molar-refractivity contribution in [1.82, 2.24) is 15.5 Å². The second kappa shape index (κ2) is 6.86. The van der Waals surface area contributed by atoms with Gasteiger partial charge in [-0.15, -0.1) is 0 Å². The molecule has 0 radical (unpaired) electrons. The molecule has 0 spiro atoms. The maximum Gasteiger partial charge on any atom is 0.315 e. The Bertz CT molecular complexity index is 645. The number of benzene rings is 1. The molecule has 1 aromatic rings. The minimum atomic E-state index is -0.196. The van der Waals surface area contributed by atoms with Crippen molar-refractivity contribution in [3.05, 3.63) is 33.8 Å². The van der Waals surface area contributed by atoms with Crippen molar-refractivity contribution >= 4 is 29.2 Å². The Morgan fingerprint density at radius 1 is 1.39 bits per heavy atom. The minimum Gasteiger partial charge on any atom is -0.338 e. The molecule has 2 aliphatic heterocycles. The number of hydrogen-bond acceptors (Lipinski definition) is 3. The van der Waals surface area contributed by atoms with Crippen LogP contribution in [0.4, 0.5) is 4.79 Å². The third kappa shape index (κ3) is 3.49. The van der Waals surface area contributed by atoms with E-state index in [2.05, 4.69) is 16.8 Å². The lowest BCUT2D eigenvalue weighted by molar-refractivity contribution is 0.233. The van der Waals surface area contributed by atoms with Gasteiger partial charge in [-0.2, -0.15) is 5.26 Å². The normalized spacial score (nSPS) is 25.3. The molecular formula is C16H18Cl2N4O. The molecular weight excluding hydrogens is 335 g/mol. The van der Waals surface area contributed by atoms with Gasteiger partial charge < -0.3 is 15.5 Å². The molecule has 3 rings (SSSR count). The summed E-state index contributed by atoms with van der Waals surface area (Å²) in [6, 6.07) is 5.61. The summed E-state index contributed by atoms with van der Waals surface area (Å²) >= 11 is 12.0. The fourth-order valence-electron chi connectivity index (χ4n) is 3.56. The molecule has 0 aliphatic carbocycles. The second-order valence-electron chi connectivity index (χ2n) is 6.03. The van der Waals surface area contributed by atoms with E-state index in [1.54, 1.807) is 12.1 Å². The van der Waals surface area contributed by atoms with Crippen LogP contribution >= 0.6 is 23.2 Å². The Morgan fingerprint density at radius 3 is 2.96 bits per heavy atom. The van der Waals surface area contributed by atoms with Crippen LogP contribution in [0.25, 0.3) is 0 Å². The Kier molecular flexibility index (Phi) is 4.84. The number of fused-ring (bicyclic) bond motifs is 2. The number of nitrogens with zero attached hydrogens (tertiary/aromatic N) is 2. The van der Waals surface area contributed by atoms with Crippen LogP contribution in [0, 0.1) is 11.5 Å². The van der Waals surface area contributed by atoms with Crippen LogP contribution in [-0.2, 0) is 6.42 Å². The van der Waals surface area contributed by atoms with Crippen molar-refractivity contribution in [3.8, 4) is 6.19 Å². The van der Waals surface area contributed by atoms with E-state index < -0.39 is 0 Å². The van der Waals surface area contributed by atoms with Gasteiger partial charge in [-0.25, -0.2) is 4.79 Å². The fourth-order valence-corrected chi connectivity index (χ4v) is 3.97. The van der Waals surface area contributed by atoms with Gasteiger partial charge in [0.05, 0.1) is 12.1 Å². The SMILES string of the molecule is N#CN1C2CC[C@H]1C[C@H]2NC(=O)NCCc1cc(Cl)ccc1Cl. The molecule has 7 heteroatoms. The lowest BCUT2D eigenvalue weighted by Gasteiger charge is -2.22. The van der Waals surface area contributed by atoms with E-state index in [0.717, 1.165) is 24.8 Å². The highest BCUT2D eigenvalue weighted by molar-refractivity contribution is 6.33. The number of halogens is 2. The van der Waals surface area contributed by atoms with Crippen molar-refractivity contribution in [1.29, 1.82) is 5.26 Å². The Morgan fingerprint density at radius 2 is 2.22 bits per heavy atom. The highest BCUT2D eigenvalue weighted by Crippen LogP contribution is 2.36. The molecule has 2 saturated heterocycles. The van der Waals surface area contributed by atoms with Gasteiger partial charge in [-0.1, -0.05) is 23.2 Å². The van der Waals surface area contributed by atoms with Gasteiger partial charge in [0, 0.05) is 22.6 Å². The summed E-state index contributed by atoms with van der Waals surface area (Å²) in [5.41, 5.74) is 0.912. The zero-order valence-corrected chi connectivity index (χ0v) is 14.1. The average molecular weight is 353 g/mol. The lowest BCUT2D eigenvalue weighted by atomic mass is 9.96. The van der Waals surface area contributed by atoms with E-state index in [0.29, 0.717) is 29.1 Å². The lowest BCUT2D eigenvalue weighted by Crippen LogP contribution is -2.47. The molecule has 2 heterocycles. The molecule has 122 valence electrons. The average Bonchev–Trinajstić information content (AvgIpc) is 3.07. The highest BCUT2D eigenvalue weighted by atomic mass is 35.5. The number of urea groups is 1. The quantitative estimate of drug-likeness (QED) is 0.818. The fraction of sp³-hybridized carbons (Fsp3) is 0.500. The van der Waals surface area contributed by atoms with Crippen molar-refractivity contribution < 1.29 is 4.79 Å². The maximum absolute atomic E-state index is 12.0. The zero-order valence-electron chi connectivity index (χ0n) is 12.6. The van der Waals surface area contributed by atoms with E-state index in [-0.39, 0.29) is 18.1 Å². The summed E-state index contributed by atoms with van der Waals surface area (Å²) in [6.07, 6.45) is 5.73. The van der Waals surface area contributed by atoms with Crippen molar-refractivity contribution in [2.75, 3.05) is 6.54 Å². The molecule has 23 heavy (non-hydrogen) atoms. The monoisotopic (exact) mass is 352 g/mol. The third-order valence-electron chi connectivity index (χ3n) is 4.66. The number of hydrogen-bond donors (Lipinski definition) is 2. The first-order chi connectivity index (χ1) is 11.1. The molecule has 1 unspecified atom stereocenters. The van der Waals surface area contributed by atoms with Crippen molar-refractivity contribution in [2.45, 2.75) is 43.8 Å². The summed E-state index contributed by atoms with van der Waals surface area (Å²) in [4.78, 5) is 13.9. The van der Waals surface area contributed by atoms with Crippen LogP contribution in [-0.4, -0.2) is 35.6 Å². The van der Waals surface area contributed by atoms with Gasteiger partial charge in [0.1, 0.15) is 0 Å². The number of amides is 2. The Labute approximate surface area is 145 Å². The maximum atomic E-state index is 12.0. The standard InChI is InChI=1S/C16H18Cl2N4O/c17-11-1-3-13(18)10(7-11)5-6-20-16(23)21-14-8-12-2-4-15(14)22(12)9-19/h1,3,7,12,14-15H,2,4-6,8H2,(H2,20,21,23)/t12-,14+,15?/m0/s1. The molecule has 2 N–H and O–H groups in total. The molecule has 2 bridgehead atoms. The van der Waals surface area contributed by atoms with E-state index in [9.17, 15) is 4.79 Å². The van der Waals surface area contributed by atoms with Crippen LogP contribution in [0.1, 0.15) is 24.8 Å². The van der Waals surface area contributed by atoms with Crippen LogP contribution < -0.4 is 10.6 Å². The minimum absolute atomic E-state index is 0.0585. The molecule has 2 aliphatic rings. The summed E-state index contributed by atoms with van der Waals surface area (Å²) in [5.74, 6) is 0. The van der Waals surface area contributed by atoms with Gasteiger partial charge in [-0.3, -0.25) is 0 Å². The van der Waals surface area contributed by atoms with E-state index in [1.165, 1.54) is 0 Å². The van der Waals surface area contributed by atoms with Gasteiger partial charge in [0.15, 0.2) is 6.19 Å². The van der Waals surface area contributed by atoms with Crippen LogP contribution in [0.3, 0.4) is 0 Å². The highest BCUT2D eigenvalue weighted by Gasteiger charge is 2.46. The van der Waals surface area contributed by atoms with Gasteiger partial charge in [-0.05, 0) is 49.4 Å². The van der Waals surface area contributed by atoms with Crippen LogP contribution in [0.5, 0.6) is 0 Å². The van der Waals surface area contributed by atoms with Crippen molar-refractivity contribution in [2.24, 2.45) is 0 Å². The summed E-state index contributed by atoms with van der Waals surface area (Å²) in [7, 11) is 0. The smallest absolute Gasteiger partial charge is 0.315 e. The molecule has 2 amide bonds. The predicted molar refractivity (Wildman–Crippen MR) is 89.4 cm³/mol. The topological polar surface area (TPSA) is 68.2 Å². The molecule has 1 aromatic carbocycles. The first-order valence-corrected chi connectivity index (χ1v) is 8.50. The van der Waals surface area contributed by atoms with E-state index in [4.69, 9.17) is 28.5 Å². The summed E-state index contributed by atoms with van der Waals surface area (Å²) in [5, 5.41) is 16.2. The number of nitriles is 1. The third-order valence-corrected chi connectivity index (χ3v) is 5.26. The summed E-state index contributed by atoms with van der Waals surface area (Å²) in [6.45, 7) is 0.481. The number of carbonyl (C=O) groups excluding carboxylic acids is 1. The number of rotatable bonds is 4. The Balaban J connectivity index is 1.46. The predicted octanol–water partition coefficient (Wildman–Crippen LogP) is 2.92. The summed E-state index contributed by atoms with van der Waals surface area (Å²) < 4.78 is 0. The van der Waals surface area contributed by atoms with Crippen LogP contribution in [0.2, 0.25) is 10.0 Å². The molecule has 0 aromatic heterocycles. The number of carbonyl (C=O) groups is 1. The second-order valence-corrected chi connectivity index (χ2v) is 6.88.